The molecule has 0 unspecified atom stereocenters. The number of methoxy groups -OCH3 is 1. The van der Waals surface area contributed by atoms with Gasteiger partial charge in [0.05, 0.1) is 42.8 Å². The normalized spacial score (nSPS) is 10.9. The molecule has 0 fully saturated rings. The summed E-state index contributed by atoms with van der Waals surface area (Å²) < 4.78 is 18.1. The van der Waals surface area contributed by atoms with Crippen LogP contribution in [0.15, 0.2) is 83.9 Å². The molecule has 5 aromatic rings. The molecule has 0 spiro atoms. The van der Waals surface area contributed by atoms with Crippen molar-refractivity contribution in [3.63, 3.8) is 0 Å². The maximum Gasteiger partial charge on any atom is 0.252 e. The highest BCUT2D eigenvalue weighted by Gasteiger charge is 2.18. The monoisotopic (exact) mass is 469 g/mol. The van der Waals surface area contributed by atoms with Gasteiger partial charge in [0.2, 0.25) is 0 Å². The van der Waals surface area contributed by atoms with Gasteiger partial charge in [0.25, 0.3) is 5.91 Å². The summed E-state index contributed by atoms with van der Waals surface area (Å²) in [5.74, 6) is 1.88. The minimum Gasteiger partial charge on any atom is -0.497 e. The van der Waals surface area contributed by atoms with Crippen molar-refractivity contribution < 1.29 is 18.7 Å². The number of rotatable bonds is 9. The summed E-state index contributed by atoms with van der Waals surface area (Å²) >= 11 is 0. The number of furan rings is 1. The Morgan fingerprint density at radius 2 is 2.00 bits per heavy atom. The van der Waals surface area contributed by atoms with E-state index in [-0.39, 0.29) is 5.91 Å². The highest BCUT2D eigenvalue weighted by atomic mass is 16.5. The van der Waals surface area contributed by atoms with Crippen LogP contribution in [0.4, 0.5) is 0 Å². The van der Waals surface area contributed by atoms with Crippen molar-refractivity contribution in [3.8, 4) is 22.8 Å². The van der Waals surface area contributed by atoms with Crippen molar-refractivity contribution in [1.29, 1.82) is 0 Å². The molecule has 0 aliphatic rings. The minimum atomic E-state index is -0.241. The quantitative estimate of drug-likeness (QED) is 0.326. The van der Waals surface area contributed by atoms with Gasteiger partial charge in [0.1, 0.15) is 30.4 Å². The summed E-state index contributed by atoms with van der Waals surface area (Å²) in [5, 5.41) is 8.04. The lowest BCUT2D eigenvalue weighted by Crippen LogP contribution is -2.28. The average molecular weight is 470 g/mol. The van der Waals surface area contributed by atoms with Gasteiger partial charge in [-0.15, -0.1) is 0 Å². The van der Waals surface area contributed by atoms with Gasteiger partial charge in [-0.2, -0.15) is 5.10 Å². The van der Waals surface area contributed by atoms with E-state index in [4.69, 9.17) is 18.9 Å². The van der Waals surface area contributed by atoms with Gasteiger partial charge in [-0.25, -0.2) is 9.67 Å². The van der Waals surface area contributed by atoms with E-state index in [1.807, 2.05) is 42.5 Å². The number of benzene rings is 1. The van der Waals surface area contributed by atoms with E-state index in [0.717, 1.165) is 11.3 Å². The van der Waals surface area contributed by atoms with Crippen molar-refractivity contribution in [2.75, 3.05) is 20.3 Å². The molecule has 1 amide bonds. The second kappa shape index (κ2) is 10.1. The van der Waals surface area contributed by atoms with Crippen molar-refractivity contribution in [1.82, 2.24) is 25.1 Å². The first-order chi connectivity index (χ1) is 17.2. The second-order valence-corrected chi connectivity index (χ2v) is 7.70. The molecular weight excluding hydrogens is 446 g/mol. The van der Waals surface area contributed by atoms with Gasteiger partial charge >= 0.3 is 0 Å². The first-order valence-corrected chi connectivity index (χ1v) is 11.1. The molecule has 0 radical (unpaired) electrons. The van der Waals surface area contributed by atoms with Crippen LogP contribution in [0.25, 0.3) is 22.3 Å². The van der Waals surface area contributed by atoms with Crippen LogP contribution in [-0.2, 0) is 6.54 Å². The topological polar surface area (TPSA) is 104 Å². The fraction of sp³-hybridized carbons (Fsp3) is 0.154. The Hall–Kier alpha value is -4.66. The molecule has 176 valence electrons. The molecule has 1 N–H and O–H groups in total. The van der Waals surface area contributed by atoms with Crippen LogP contribution in [0.2, 0.25) is 0 Å². The summed E-state index contributed by atoms with van der Waals surface area (Å²) in [6.07, 6.45) is 6.67. The van der Waals surface area contributed by atoms with Crippen LogP contribution in [0.3, 0.4) is 0 Å². The van der Waals surface area contributed by atoms with Gasteiger partial charge in [-0.1, -0.05) is 6.07 Å². The molecule has 0 saturated carbocycles. The molecule has 9 nitrogen and oxygen atoms in total. The van der Waals surface area contributed by atoms with Gasteiger partial charge in [0.15, 0.2) is 5.65 Å². The van der Waals surface area contributed by atoms with E-state index in [0.29, 0.717) is 53.5 Å². The summed E-state index contributed by atoms with van der Waals surface area (Å²) in [6, 6.07) is 16.5. The lowest BCUT2D eigenvalue weighted by molar-refractivity contribution is 0.0948. The number of nitrogens with zero attached hydrogens (tertiary/aromatic N) is 4. The zero-order valence-electron chi connectivity index (χ0n) is 19.0. The smallest absolute Gasteiger partial charge is 0.252 e. The van der Waals surface area contributed by atoms with Crippen LogP contribution in [0.1, 0.15) is 16.1 Å². The third-order valence-corrected chi connectivity index (χ3v) is 5.39. The van der Waals surface area contributed by atoms with Crippen LogP contribution in [-0.4, -0.2) is 45.9 Å². The molecule has 4 heterocycles. The molecule has 5 rings (SSSR count). The fourth-order valence-electron chi connectivity index (χ4n) is 3.68. The predicted molar refractivity (Wildman–Crippen MR) is 129 cm³/mol. The van der Waals surface area contributed by atoms with Gasteiger partial charge < -0.3 is 19.2 Å². The highest BCUT2D eigenvalue weighted by molar-refractivity contribution is 6.06. The van der Waals surface area contributed by atoms with E-state index in [1.165, 1.54) is 0 Å². The molecule has 0 saturated heterocycles. The molecule has 0 bridgehead atoms. The van der Waals surface area contributed by atoms with E-state index >= 15 is 0 Å². The largest absolute Gasteiger partial charge is 0.497 e. The molecule has 0 aliphatic carbocycles. The predicted octanol–water partition coefficient (Wildman–Crippen LogP) is 3.95. The number of carbonyl (C=O) groups is 1. The van der Waals surface area contributed by atoms with E-state index < -0.39 is 0 Å². The Labute approximate surface area is 201 Å². The number of aromatic nitrogens is 4. The second-order valence-electron chi connectivity index (χ2n) is 7.70. The van der Waals surface area contributed by atoms with Crippen molar-refractivity contribution in [2.24, 2.45) is 0 Å². The van der Waals surface area contributed by atoms with Crippen LogP contribution < -0.4 is 14.8 Å². The first-order valence-electron chi connectivity index (χ1n) is 11.1. The number of fused-ring (bicyclic) bond motifs is 1. The van der Waals surface area contributed by atoms with Gasteiger partial charge in [-0.05, 0) is 42.5 Å². The van der Waals surface area contributed by atoms with Gasteiger partial charge in [-0.3, -0.25) is 9.78 Å². The number of ether oxygens (including phenoxy) is 2. The molecule has 4 aromatic heterocycles. The zero-order chi connectivity index (χ0) is 24.0. The number of amides is 1. The summed E-state index contributed by atoms with van der Waals surface area (Å²) in [6.45, 7) is 1.03. The summed E-state index contributed by atoms with van der Waals surface area (Å²) in [4.78, 5) is 22.2. The molecular formula is C26H23N5O4. The third kappa shape index (κ3) is 4.98. The summed E-state index contributed by atoms with van der Waals surface area (Å²) in [5.41, 5.74) is 2.49. The maximum absolute atomic E-state index is 13.2. The Bertz CT molecular complexity index is 1430. The Kier molecular flexibility index (Phi) is 6.38. The number of nitrogens with one attached hydrogen (secondary N) is 1. The molecule has 0 atom stereocenters. The molecule has 0 aliphatic heterocycles. The number of carbonyl (C=O) groups excluding carboxylic acids is 1. The molecule has 1 aromatic carbocycles. The highest BCUT2D eigenvalue weighted by Crippen LogP contribution is 2.25. The average Bonchev–Trinajstić information content (AvgIpc) is 3.57. The van der Waals surface area contributed by atoms with Crippen LogP contribution in [0, 0.1) is 0 Å². The summed E-state index contributed by atoms with van der Waals surface area (Å²) in [7, 11) is 1.60. The van der Waals surface area contributed by atoms with E-state index in [1.54, 1.807) is 48.8 Å². The Balaban J connectivity index is 1.38. The van der Waals surface area contributed by atoms with Crippen LogP contribution >= 0.6 is 0 Å². The van der Waals surface area contributed by atoms with Crippen LogP contribution in [0.5, 0.6) is 11.5 Å². The standard InChI is InChI=1S/C26H23N5O4/c1-33-19-6-2-7-20(13-19)35-12-10-28-26(32)22-14-24(18-5-3-9-27-15-18)30-25-23(22)16-29-31(25)17-21-8-4-11-34-21/h2-9,11,13-16H,10,12,17H2,1H3,(H,28,32). The SMILES string of the molecule is COc1cccc(OCCNC(=O)c2cc(-c3cccnc3)nc3c2cnn3Cc2ccco2)c1. The van der Waals surface area contributed by atoms with Crippen molar-refractivity contribution in [2.45, 2.75) is 6.54 Å². The Morgan fingerprint density at radius 3 is 2.80 bits per heavy atom. The van der Waals surface area contributed by atoms with Crippen molar-refractivity contribution in [3.05, 3.63) is 90.8 Å². The third-order valence-electron chi connectivity index (χ3n) is 5.39. The fourth-order valence-corrected chi connectivity index (χ4v) is 3.68. The van der Waals surface area contributed by atoms with Gasteiger partial charge in [0, 0.05) is 24.0 Å². The number of hydrogen-bond acceptors (Lipinski definition) is 7. The molecule has 35 heavy (non-hydrogen) atoms. The zero-order valence-corrected chi connectivity index (χ0v) is 19.0. The minimum absolute atomic E-state index is 0.241. The first kappa shape index (κ1) is 22.1. The van der Waals surface area contributed by atoms with E-state index in [9.17, 15) is 4.79 Å². The molecule has 9 heteroatoms. The lowest BCUT2D eigenvalue weighted by Gasteiger charge is -2.11. The van der Waals surface area contributed by atoms with Crippen molar-refractivity contribution >= 4 is 16.9 Å². The number of hydrogen-bond donors (Lipinski definition) is 1. The maximum atomic E-state index is 13.2. The lowest BCUT2D eigenvalue weighted by atomic mass is 10.1. The Morgan fingerprint density at radius 1 is 1.09 bits per heavy atom. The number of pyridine rings is 2. The van der Waals surface area contributed by atoms with E-state index in [2.05, 4.69) is 15.4 Å².